The van der Waals surface area contributed by atoms with Gasteiger partial charge in [0.25, 0.3) is 0 Å². The van der Waals surface area contributed by atoms with Crippen molar-refractivity contribution in [3.05, 3.63) is 40.3 Å². The Hall–Kier alpha value is -0.780. The summed E-state index contributed by atoms with van der Waals surface area (Å²) in [6, 6.07) is 0. The molecule has 0 heterocycles. The number of hydrogen-bond acceptors (Lipinski definition) is 0. The van der Waals surface area contributed by atoms with Crippen LogP contribution in [0.25, 0.3) is 0 Å². The Morgan fingerprint density at radius 2 is 0.514 bits per heavy atom. The van der Waals surface area contributed by atoms with E-state index in [2.05, 4.69) is 34.6 Å². The van der Waals surface area contributed by atoms with Crippen LogP contribution in [-0.2, 0) is 32.1 Å². The molecule has 0 unspecified atom stereocenters. The second-order valence-electron chi connectivity index (χ2n) is 11.9. The third-order valence-electron chi connectivity index (χ3n) is 8.59. The summed E-state index contributed by atoms with van der Waals surface area (Å²) < 4.78 is 0. The minimum absolute atomic E-state index is 1.27. The average Bonchev–Trinajstić information content (AvgIpc) is 2.90. The van der Waals surface area contributed by atoms with Gasteiger partial charge in [-0.2, -0.15) is 0 Å². The highest BCUT2D eigenvalue weighted by atomic mass is 14.3. The van der Waals surface area contributed by atoms with Crippen LogP contribution in [0.2, 0.25) is 0 Å². The highest BCUT2D eigenvalue weighted by Gasteiger charge is 2.21. The fourth-order valence-corrected chi connectivity index (χ4v) is 6.24. The lowest BCUT2D eigenvalue weighted by Crippen LogP contribution is -2.13. The highest BCUT2D eigenvalue weighted by Crippen LogP contribution is 2.35. The molecule has 0 aromatic heterocycles. The van der Waals surface area contributed by atoms with Gasteiger partial charge in [0.15, 0.2) is 0 Å². The number of hydrogen-bond donors (Lipinski definition) is 0. The molecule has 0 atom stereocenters. The van der Waals surface area contributed by atoms with Gasteiger partial charge in [-0.15, -0.1) is 0 Å². The Bertz CT molecular complexity index is 618. The van der Waals surface area contributed by atoms with Crippen molar-refractivity contribution in [1.29, 1.82) is 0 Å². The molecule has 37 heavy (non-hydrogen) atoms. The van der Waals surface area contributed by atoms with Crippen molar-refractivity contribution in [2.45, 2.75) is 195 Å². The fraction of sp³-hybridized carbons (Fsp3) is 0.811. The normalized spacial score (nSPS) is 11.5. The van der Waals surface area contributed by atoms with E-state index in [0.717, 1.165) is 0 Å². The van der Waals surface area contributed by atoms with Gasteiger partial charge in [-0.25, -0.2) is 0 Å². The van der Waals surface area contributed by atoms with Crippen LogP contribution in [0.4, 0.5) is 0 Å². The predicted molar refractivity (Wildman–Crippen MR) is 170 cm³/mol. The Kier molecular flexibility index (Phi) is 21.4. The molecule has 0 N–H and O–H groups in total. The third-order valence-corrected chi connectivity index (χ3v) is 8.59. The first-order chi connectivity index (χ1) is 18.2. The summed E-state index contributed by atoms with van der Waals surface area (Å²) in [7, 11) is 0. The quantitative estimate of drug-likeness (QED) is 0.114. The van der Waals surface area contributed by atoms with Crippen molar-refractivity contribution in [3.63, 3.8) is 0 Å². The van der Waals surface area contributed by atoms with Crippen LogP contribution in [0.3, 0.4) is 0 Å². The van der Waals surface area contributed by atoms with E-state index in [-0.39, 0.29) is 0 Å². The molecule has 0 heteroatoms. The van der Waals surface area contributed by atoms with E-state index in [9.17, 15) is 0 Å². The van der Waals surface area contributed by atoms with Crippen LogP contribution in [0.15, 0.2) is 0 Å². The first-order valence-electron chi connectivity index (χ1n) is 17.2. The summed E-state index contributed by atoms with van der Waals surface area (Å²) in [4.78, 5) is 0. The van der Waals surface area contributed by atoms with Gasteiger partial charge >= 0.3 is 0 Å². The van der Waals surface area contributed by atoms with Crippen LogP contribution >= 0.6 is 0 Å². The zero-order valence-corrected chi connectivity index (χ0v) is 26.4. The Balaban J connectivity index is 3.48. The first-order valence-corrected chi connectivity index (χ1v) is 17.2. The van der Waals surface area contributed by atoms with E-state index in [1.54, 1.807) is 22.3 Å². The summed E-state index contributed by atoms with van der Waals surface area (Å²) in [5.74, 6) is 0. The van der Waals surface area contributed by atoms with Gasteiger partial charge in [-0.1, -0.05) is 131 Å². The molecule has 0 aliphatic carbocycles. The standard InChI is InChI=1S/C37H67/c1-7-12-17-22-27-33-32(6)34(28-23-18-13-8-2)36(30-25-20-15-10-4)37(31-26-21-16-11-5)35(33)29-24-19-14-9-3/h6-31H2,1-5H3. The van der Waals surface area contributed by atoms with Crippen LogP contribution in [0.5, 0.6) is 0 Å². The topological polar surface area (TPSA) is 0 Å². The van der Waals surface area contributed by atoms with E-state index in [1.165, 1.54) is 166 Å². The largest absolute Gasteiger partial charge is 0.0654 e. The van der Waals surface area contributed by atoms with Crippen LogP contribution < -0.4 is 0 Å². The van der Waals surface area contributed by atoms with Crippen molar-refractivity contribution in [3.8, 4) is 0 Å². The fourth-order valence-electron chi connectivity index (χ4n) is 6.24. The summed E-state index contributed by atoms with van der Waals surface area (Å²) in [5, 5.41) is 0. The van der Waals surface area contributed by atoms with Gasteiger partial charge < -0.3 is 0 Å². The number of rotatable bonds is 25. The molecular formula is C37H67. The monoisotopic (exact) mass is 512 g/mol. The Morgan fingerprint density at radius 3 is 0.757 bits per heavy atom. The molecule has 1 radical (unpaired) electrons. The maximum Gasteiger partial charge on any atom is -0.0232 e. The Morgan fingerprint density at radius 1 is 0.297 bits per heavy atom. The van der Waals surface area contributed by atoms with Gasteiger partial charge in [0.1, 0.15) is 0 Å². The second kappa shape index (κ2) is 23.1. The molecule has 0 amide bonds. The lowest BCUT2D eigenvalue weighted by molar-refractivity contribution is 0.622. The summed E-state index contributed by atoms with van der Waals surface area (Å²) in [5.41, 5.74) is 10.2. The molecule has 0 saturated heterocycles. The van der Waals surface area contributed by atoms with Gasteiger partial charge in [0, 0.05) is 0 Å². The van der Waals surface area contributed by atoms with Crippen molar-refractivity contribution in [2.75, 3.05) is 0 Å². The van der Waals surface area contributed by atoms with Gasteiger partial charge in [0.05, 0.1) is 0 Å². The van der Waals surface area contributed by atoms with Crippen LogP contribution in [-0.4, -0.2) is 0 Å². The average molecular weight is 512 g/mol. The summed E-state index contributed by atoms with van der Waals surface area (Å²) in [6.45, 7) is 16.6. The van der Waals surface area contributed by atoms with Gasteiger partial charge in [-0.3, -0.25) is 0 Å². The van der Waals surface area contributed by atoms with E-state index < -0.39 is 0 Å². The minimum atomic E-state index is 1.27. The molecule has 1 rings (SSSR count). The van der Waals surface area contributed by atoms with Crippen molar-refractivity contribution >= 4 is 0 Å². The second-order valence-corrected chi connectivity index (χ2v) is 11.9. The summed E-state index contributed by atoms with van der Waals surface area (Å²) in [6.07, 6.45) is 33.7. The van der Waals surface area contributed by atoms with E-state index in [0.29, 0.717) is 0 Å². The SMILES string of the molecule is [CH2]c1c(CCCCCC)c(CCCCCC)c(CCCCCC)c(CCCCCC)c1CCCCCC. The van der Waals surface area contributed by atoms with E-state index >= 15 is 0 Å². The smallest absolute Gasteiger partial charge is 0.0232 e. The molecule has 215 valence electrons. The number of benzene rings is 1. The zero-order valence-electron chi connectivity index (χ0n) is 26.4. The lowest BCUT2D eigenvalue weighted by atomic mass is 9.78. The molecule has 0 bridgehead atoms. The third kappa shape index (κ3) is 13.7. The van der Waals surface area contributed by atoms with E-state index in [1.807, 2.05) is 5.56 Å². The molecule has 1 aromatic carbocycles. The molecule has 0 aliphatic rings. The van der Waals surface area contributed by atoms with Gasteiger partial charge in [-0.05, 0) is 105 Å². The molecule has 0 aliphatic heterocycles. The minimum Gasteiger partial charge on any atom is -0.0654 e. The molecular weight excluding hydrogens is 444 g/mol. The molecule has 0 spiro atoms. The summed E-state index contributed by atoms with van der Waals surface area (Å²) >= 11 is 0. The van der Waals surface area contributed by atoms with Crippen LogP contribution in [0.1, 0.15) is 196 Å². The van der Waals surface area contributed by atoms with Crippen LogP contribution in [0, 0.1) is 6.92 Å². The Labute approximate surface area is 235 Å². The van der Waals surface area contributed by atoms with E-state index in [4.69, 9.17) is 6.92 Å². The van der Waals surface area contributed by atoms with Gasteiger partial charge in [0.2, 0.25) is 0 Å². The number of unbranched alkanes of at least 4 members (excludes halogenated alkanes) is 15. The lowest BCUT2D eigenvalue weighted by Gasteiger charge is -2.27. The highest BCUT2D eigenvalue weighted by molar-refractivity contribution is 5.54. The zero-order chi connectivity index (χ0) is 27.1. The molecule has 0 nitrogen and oxygen atoms in total. The molecule has 0 fully saturated rings. The molecule has 1 aromatic rings. The van der Waals surface area contributed by atoms with Crippen molar-refractivity contribution in [1.82, 2.24) is 0 Å². The van der Waals surface area contributed by atoms with Crippen molar-refractivity contribution < 1.29 is 0 Å². The molecule has 0 saturated carbocycles. The van der Waals surface area contributed by atoms with Crippen molar-refractivity contribution in [2.24, 2.45) is 0 Å². The maximum absolute atomic E-state index is 4.88. The first kappa shape index (κ1) is 34.2. The predicted octanol–water partition coefficient (Wildman–Crippen LogP) is 12.5. The maximum atomic E-state index is 4.88.